The Labute approximate surface area is 249 Å². The monoisotopic (exact) mass is 595 g/mol. The van der Waals surface area contributed by atoms with Crippen molar-refractivity contribution in [2.24, 2.45) is 0 Å². The molecule has 0 aliphatic heterocycles. The summed E-state index contributed by atoms with van der Waals surface area (Å²) in [5.74, 6) is 0.219. The van der Waals surface area contributed by atoms with Crippen molar-refractivity contribution in [2.45, 2.75) is 109 Å². The largest absolute Gasteiger partial charge is 0.413 e. The number of hydrogen-bond acceptors (Lipinski definition) is 4. The van der Waals surface area contributed by atoms with Crippen LogP contribution in [0.3, 0.4) is 0 Å². The average Bonchev–Trinajstić information content (AvgIpc) is 2.90. The molecular weight excluding hydrogens is 547 g/mol. The van der Waals surface area contributed by atoms with Gasteiger partial charge in [-0.15, -0.1) is 0 Å². The molecule has 0 radical (unpaired) electrons. The van der Waals surface area contributed by atoms with E-state index in [9.17, 15) is 13.5 Å². The van der Waals surface area contributed by atoms with Gasteiger partial charge in [0.1, 0.15) is 5.60 Å². The van der Waals surface area contributed by atoms with Crippen molar-refractivity contribution in [1.82, 2.24) is 4.72 Å². The van der Waals surface area contributed by atoms with E-state index in [1.54, 1.807) is 0 Å². The van der Waals surface area contributed by atoms with Crippen molar-refractivity contribution in [3.05, 3.63) is 101 Å². The van der Waals surface area contributed by atoms with E-state index < -0.39 is 36.1 Å². The number of aliphatic hydroxyl groups is 1. The van der Waals surface area contributed by atoms with Crippen molar-refractivity contribution in [3.8, 4) is 0 Å². The molecule has 0 amide bonds. The highest BCUT2D eigenvalue weighted by atomic mass is 32.2. The lowest BCUT2D eigenvalue weighted by Crippen LogP contribution is -2.58. The molecule has 0 fully saturated rings. The van der Waals surface area contributed by atoms with Gasteiger partial charge in [-0.1, -0.05) is 114 Å². The Kier molecular flexibility index (Phi) is 10.5. The fourth-order valence-corrected chi connectivity index (χ4v) is 8.76. The van der Waals surface area contributed by atoms with Crippen molar-refractivity contribution in [3.63, 3.8) is 0 Å². The van der Waals surface area contributed by atoms with Crippen LogP contribution in [0.5, 0.6) is 0 Å². The zero-order valence-corrected chi connectivity index (χ0v) is 28.2. The standard InChI is InChI=1S/C34H49NO4SSi/c1-23(2)27-21-30(24(3)4)32(31(22-27)25(5)6)40(37,38)35-33(26(7)39-41(8,9)10)34(36,28-17-13-11-14-18-28)29-19-15-12-16-20-29/h11-26,33,35-36H,1-10H3. The molecule has 0 spiro atoms. The summed E-state index contributed by atoms with van der Waals surface area (Å²) < 4.78 is 38.9. The first kappa shape index (κ1) is 33.2. The van der Waals surface area contributed by atoms with E-state index in [0.29, 0.717) is 16.0 Å². The molecule has 3 aromatic rings. The molecule has 0 aliphatic rings. The highest BCUT2D eigenvalue weighted by molar-refractivity contribution is 7.89. The summed E-state index contributed by atoms with van der Waals surface area (Å²) >= 11 is 0. The molecule has 0 heterocycles. The molecule has 224 valence electrons. The summed E-state index contributed by atoms with van der Waals surface area (Å²) in [6.45, 7) is 20.4. The molecule has 0 aliphatic carbocycles. The Balaban J connectivity index is 2.33. The Bertz CT molecular complexity index is 1330. The predicted molar refractivity (Wildman–Crippen MR) is 173 cm³/mol. The van der Waals surface area contributed by atoms with Crippen LogP contribution in [0.1, 0.15) is 94.0 Å². The lowest BCUT2D eigenvalue weighted by molar-refractivity contribution is -0.000979. The van der Waals surface area contributed by atoms with Gasteiger partial charge in [-0.25, -0.2) is 13.1 Å². The molecule has 2 N–H and O–H groups in total. The Hall–Kier alpha value is -2.29. The second-order valence-corrected chi connectivity index (χ2v) is 19.1. The Morgan fingerprint density at radius 1 is 0.732 bits per heavy atom. The van der Waals surface area contributed by atoms with Crippen LogP contribution in [0.4, 0.5) is 0 Å². The first-order valence-corrected chi connectivity index (χ1v) is 19.6. The van der Waals surface area contributed by atoms with Crippen LogP contribution in [0, 0.1) is 0 Å². The number of sulfonamides is 1. The van der Waals surface area contributed by atoms with E-state index >= 15 is 0 Å². The maximum absolute atomic E-state index is 14.7. The molecule has 0 bridgehead atoms. The Morgan fingerprint density at radius 3 is 1.49 bits per heavy atom. The van der Waals surface area contributed by atoms with Gasteiger partial charge in [0.15, 0.2) is 8.32 Å². The quantitative estimate of drug-likeness (QED) is 0.209. The van der Waals surface area contributed by atoms with E-state index in [2.05, 4.69) is 38.2 Å². The SMILES string of the molecule is CC(C)c1cc(C(C)C)c(S(=O)(=O)NC(C(C)O[Si](C)(C)C)C(O)(c2ccccc2)c2ccccc2)c(C(C)C)c1. The van der Waals surface area contributed by atoms with Crippen molar-refractivity contribution < 1.29 is 18.0 Å². The van der Waals surface area contributed by atoms with Crippen molar-refractivity contribution >= 4 is 18.3 Å². The van der Waals surface area contributed by atoms with Gasteiger partial charge in [0.25, 0.3) is 0 Å². The first-order valence-electron chi connectivity index (χ1n) is 14.7. The van der Waals surface area contributed by atoms with Crippen LogP contribution in [-0.4, -0.2) is 34.0 Å². The van der Waals surface area contributed by atoms with Gasteiger partial charge in [0, 0.05) is 0 Å². The fraction of sp³-hybridized carbons (Fsp3) is 0.471. The summed E-state index contributed by atoms with van der Waals surface area (Å²) in [5, 5.41) is 12.8. The van der Waals surface area contributed by atoms with E-state index in [-0.39, 0.29) is 17.8 Å². The predicted octanol–water partition coefficient (Wildman–Crippen LogP) is 7.88. The second kappa shape index (κ2) is 12.9. The molecule has 0 saturated carbocycles. The highest BCUT2D eigenvalue weighted by Gasteiger charge is 2.47. The topological polar surface area (TPSA) is 75.6 Å². The van der Waals surface area contributed by atoms with Gasteiger partial charge in [0.05, 0.1) is 17.0 Å². The zero-order valence-electron chi connectivity index (χ0n) is 26.4. The first-order chi connectivity index (χ1) is 19.0. The number of nitrogens with one attached hydrogen (secondary N) is 1. The van der Waals surface area contributed by atoms with Crippen LogP contribution in [0.2, 0.25) is 19.6 Å². The molecule has 0 aromatic heterocycles. The van der Waals surface area contributed by atoms with Crippen LogP contribution in [0.15, 0.2) is 77.7 Å². The molecule has 2 unspecified atom stereocenters. The van der Waals surface area contributed by atoms with Crippen LogP contribution in [-0.2, 0) is 20.1 Å². The van der Waals surface area contributed by atoms with Gasteiger partial charge in [-0.3, -0.25) is 0 Å². The summed E-state index contributed by atoms with van der Waals surface area (Å²) in [4.78, 5) is 0.306. The molecule has 0 saturated heterocycles. The minimum absolute atomic E-state index is 0.0194. The molecule has 3 rings (SSSR count). The highest BCUT2D eigenvalue weighted by Crippen LogP contribution is 2.39. The molecule has 5 nitrogen and oxygen atoms in total. The summed E-state index contributed by atoms with van der Waals surface area (Å²) in [6.07, 6.45) is -0.637. The lowest BCUT2D eigenvalue weighted by Gasteiger charge is -2.42. The van der Waals surface area contributed by atoms with Gasteiger partial charge in [0.2, 0.25) is 10.0 Å². The van der Waals surface area contributed by atoms with Crippen molar-refractivity contribution in [2.75, 3.05) is 0 Å². The number of hydrogen-bond donors (Lipinski definition) is 2. The normalized spacial score (nSPS) is 14.6. The molecule has 7 heteroatoms. The van der Waals surface area contributed by atoms with Crippen LogP contribution in [0.25, 0.3) is 0 Å². The van der Waals surface area contributed by atoms with Crippen molar-refractivity contribution in [1.29, 1.82) is 0 Å². The maximum Gasteiger partial charge on any atom is 0.241 e. The third kappa shape index (κ3) is 7.57. The second-order valence-electron chi connectivity index (χ2n) is 13.0. The van der Waals surface area contributed by atoms with E-state index in [1.165, 1.54) is 0 Å². The Morgan fingerprint density at radius 2 is 1.15 bits per heavy atom. The van der Waals surface area contributed by atoms with Gasteiger partial charge >= 0.3 is 0 Å². The molecule has 3 aromatic carbocycles. The fourth-order valence-electron chi connectivity index (χ4n) is 5.48. The van der Waals surface area contributed by atoms with E-state index in [0.717, 1.165) is 16.7 Å². The van der Waals surface area contributed by atoms with Gasteiger partial charge in [-0.05, 0) is 72.1 Å². The lowest BCUT2D eigenvalue weighted by atomic mass is 9.78. The average molecular weight is 596 g/mol. The van der Waals surface area contributed by atoms with Gasteiger partial charge in [-0.2, -0.15) is 0 Å². The molecular formula is C34H49NO4SSi. The minimum Gasteiger partial charge on any atom is -0.413 e. The van der Waals surface area contributed by atoms with E-state index in [1.807, 2.05) is 107 Å². The third-order valence-electron chi connectivity index (χ3n) is 7.52. The number of rotatable bonds is 12. The summed E-state index contributed by atoms with van der Waals surface area (Å²) in [6, 6.07) is 21.6. The maximum atomic E-state index is 14.7. The minimum atomic E-state index is -4.13. The molecule has 41 heavy (non-hydrogen) atoms. The smallest absolute Gasteiger partial charge is 0.241 e. The third-order valence-corrected chi connectivity index (χ3v) is 10.2. The van der Waals surface area contributed by atoms with Gasteiger partial charge < -0.3 is 9.53 Å². The molecule has 2 atom stereocenters. The van der Waals surface area contributed by atoms with Crippen LogP contribution >= 0.6 is 0 Å². The van der Waals surface area contributed by atoms with Crippen LogP contribution < -0.4 is 4.72 Å². The van der Waals surface area contributed by atoms with E-state index in [4.69, 9.17) is 4.43 Å². The summed E-state index contributed by atoms with van der Waals surface area (Å²) in [7, 11) is -6.27. The zero-order chi connectivity index (χ0) is 30.8. The number of benzene rings is 3. The summed E-state index contributed by atoms with van der Waals surface area (Å²) in [5.41, 5.74) is 2.17.